The lowest BCUT2D eigenvalue weighted by molar-refractivity contribution is 0.104. The number of carbonyl (C=O) groups is 1. The van der Waals surface area contributed by atoms with Crippen LogP contribution in [0, 0.1) is 0 Å². The number of phenols is 1. The van der Waals surface area contributed by atoms with Gasteiger partial charge in [0.05, 0.1) is 35.5 Å². The van der Waals surface area contributed by atoms with E-state index < -0.39 is 5.78 Å². The largest absolute Gasteiger partial charge is 0.507 e. The number of ketones is 1. The van der Waals surface area contributed by atoms with Gasteiger partial charge in [0.1, 0.15) is 11.3 Å². The Balaban J connectivity index is 2.42. The molecular formula is C20H22O7. The SMILES string of the molecule is COc1ccc(/C=C/C(=O)c2c(O)cc(OC)c(OC)c2OC)cc1OC. The quantitative estimate of drug-likeness (QED) is 0.560. The van der Waals surface area contributed by atoms with Gasteiger partial charge in [0.2, 0.25) is 5.75 Å². The molecule has 0 radical (unpaired) electrons. The third kappa shape index (κ3) is 4.08. The zero-order valence-electron chi connectivity index (χ0n) is 15.9. The first-order valence-electron chi connectivity index (χ1n) is 7.97. The number of allylic oxidation sites excluding steroid dienone is 1. The van der Waals surface area contributed by atoms with Gasteiger partial charge in [0, 0.05) is 6.07 Å². The van der Waals surface area contributed by atoms with Crippen LogP contribution in [0.4, 0.5) is 0 Å². The van der Waals surface area contributed by atoms with Gasteiger partial charge >= 0.3 is 0 Å². The van der Waals surface area contributed by atoms with E-state index in [-0.39, 0.29) is 28.6 Å². The van der Waals surface area contributed by atoms with Crippen molar-refractivity contribution in [3.8, 4) is 34.5 Å². The minimum absolute atomic E-state index is 0.0214. The molecule has 0 fully saturated rings. The zero-order valence-corrected chi connectivity index (χ0v) is 15.9. The highest BCUT2D eigenvalue weighted by molar-refractivity contribution is 6.11. The van der Waals surface area contributed by atoms with Crippen LogP contribution >= 0.6 is 0 Å². The van der Waals surface area contributed by atoms with Gasteiger partial charge in [0.25, 0.3) is 0 Å². The van der Waals surface area contributed by atoms with Crippen molar-refractivity contribution in [3.05, 3.63) is 41.5 Å². The van der Waals surface area contributed by atoms with Crippen LogP contribution in [0.15, 0.2) is 30.3 Å². The molecule has 0 amide bonds. The van der Waals surface area contributed by atoms with Crippen molar-refractivity contribution >= 4 is 11.9 Å². The third-order valence-electron chi connectivity index (χ3n) is 3.89. The fraction of sp³-hybridized carbons (Fsp3) is 0.250. The summed E-state index contributed by atoms with van der Waals surface area (Å²) in [5, 5.41) is 10.3. The van der Waals surface area contributed by atoms with Gasteiger partial charge in [-0.25, -0.2) is 0 Å². The Labute approximate surface area is 157 Å². The van der Waals surface area contributed by atoms with Crippen molar-refractivity contribution in [1.29, 1.82) is 0 Å². The van der Waals surface area contributed by atoms with Crippen LogP contribution < -0.4 is 23.7 Å². The van der Waals surface area contributed by atoms with Gasteiger partial charge in [-0.15, -0.1) is 0 Å². The summed E-state index contributed by atoms with van der Waals surface area (Å²) in [6, 6.07) is 6.54. The molecule has 27 heavy (non-hydrogen) atoms. The summed E-state index contributed by atoms with van der Waals surface area (Å²) < 4.78 is 26.1. The molecule has 0 heterocycles. The van der Waals surface area contributed by atoms with Crippen LogP contribution in [0.2, 0.25) is 0 Å². The lowest BCUT2D eigenvalue weighted by Gasteiger charge is -2.15. The highest BCUT2D eigenvalue weighted by Crippen LogP contribution is 2.45. The molecule has 0 unspecified atom stereocenters. The van der Waals surface area contributed by atoms with Gasteiger partial charge in [-0.3, -0.25) is 4.79 Å². The molecule has 0 spiro atoms. The van der Waals surface area contributed by atoms with Crippen LogP contribution in [0.25, 0.3) is 6.08 Å². The summed E-state index contributed by atoms with van der Waals surface area (Å²) in [5.74, 6) is 0.967. The molecule has 0 saturated carbocycles. The average molecular weight is 374 g/mol. The summed E-state index contributed by atoms with van der Waals surface area (Å²) in [4.78, 5) is 12.7. The molecule has 2 aromatic rings. The van der Waals surface area contributed by atoms with Crippen molar-refractivity contribution in [2.75, 3.05) is 35.5 Å². The van der Waals surface area contributed by atoms with E-state index in [4.69, 9.17) is 23.7 Å². The second-order valence-corrected chi connectivity index (χ2v) is 5.35. The van der Waals surface area contributed by atoms with Gasteiger partial charge < -0.3 is 28.8 Å². The fourth-order valence-corrected chi connectivity index (χ4v) is 2.59. The predicted molar refractivity (Wildman–Crippen MR) is 101 cm³/mol. The van der Waals surface area contributed by atoms with Crippen molar-refractivity contribution < 1.29 is 33.6 Å². The second-order valence-electron chi connectivity index (χ2n) is 5.35. The zero-order chi connectivity index (χ0) is 20.0. The molecule has 2 aromatic carbocycles. The maximum Gasteiger partial charge on any atom is 0.204 e. The number of hydrogen-bond donors (Lipinski definition) is 1. The normalized spacial score (nSPS) is 10.6. The summed E-state index contributed by atoms with van der Waals surface area (Å²) in [6.45, 7) is 0. The molecule has 0 saturated heterocycles. The maximum absolute atomic E-state index is 12.7. The number of methoxy groups -OCH3 is 5. The lowest BCUT2D eigenvalue weighted by Crippen LogP contribution is -2.03. The van der Waals surface area contributed by atoms with E-state index in [0.717, 1.165) is 5.56 Å². The Bertz CT molecular complexity index is 856. The molecule has 0 aromatic heterocycles. The van der Waals surface area contributed by atoms with Gasteiger partial charge in [0.15, 0.2) is 28.8 Å². The standard InChI is InChI=1S/C20H22O7/c1-23-15-9-7-12(10-16(15)24-2)6-8-13(21)18-14(22)11-17(25-3)19(26-4)20(18)27-5/h6-11,22H,1-5H3/b8-6+. The average Bonchev–Trinajstić information content (AvgIpc) is 2.70. The molecule has 144 valence electrons. The fourth-order valence-electron chi connectivity index (χ4n) is 2.59. The van der Waals surface area contributed by atoms with Gasteiger partial charge in [-0.1, -0.05) is 12.1 Å². The van der Waals surface area contributed by atoms with Crippen molar-refractivity contribution in [1.82, 2.24) is 0 Å². The molecule has 0 aliphatic heterocycles. The molecular weight excluding hydrogens is 352 g/mol. The van der Waals surface area contributed by atoms with E-state index in [0.29, 0.717) is 11.5 Å². The van der Waals surface area contributed by atoms with Gasteiger partial charge in [-0.05, 0) is 23.8 Å². The predicted octanol–water partition coefficient (Wildman–Crippen LogP) is 3.33. The highest BCUT2D eigenvalue weighted by atomic mass is 16.5. The topological polar surface area (TPSA) is 83.5 Å². The molecule has 0 aliphatic rings. The number of benzene rings is 2. The second kappa shape index (κ2) is 8.84. The first kappa shape index (κ1) is 20.0. The number of hydrogen-bond acceptors (Lipinski definition) is 7. The number of phenolic OH excluding ortho intramolecular Hbond substituents is 1. The van der Waals surface area contributed by atoms with Crippen molar-refractivity contribution in [2.45, 2.75) is 0 Å². The Hall–Kier alpha value is -3.35. The van der Waals surface area contributed by atoms with E-state index >= 15 is 0 Å². The Morgan fingerprint density at radius 3 is 2.00 bits per heavy atom. The van der Waals surface area contributed by atoms with Crippen LogP contribution in [0.1, 0.15) is 15.9 Å². The molecule has 7 heteroatoms. The van der Waals surface area contributed by atoms with E-state index in [9.17, 15) is 9.90 Å². The summed E-state index contributed by atoms with van der Waals surface area (Å²) in [5.41, 5.74) is 0.701. The Morgan fingerprint density at radius 1 is 0.815 bits per heavy atom. The van der Waals surface area contributed by atoms with E-state index in [1.807, 2.05) is 0 Å². The highest BCUT2D eigenvalue weighted by Gasteiger charge is 2.24. The minimum Gasteiger partial charge on any atom is -0.507 e. The molecule has 0 bridgehead atoms. The van der Waals surface area contributed by atoms with E-state index in [2.05, 4.69) is 0 Å². The summed E-state index contributed by atoms with van der Waals surface area (Å²) >= 11 is 0. The summed E-state index contributed by atoms with van der Waals surface area (Å²) in [6.07, 6.45) is 2.92. The maximum atomic E-state index is 12.7. The first-order valence-corrected chi connectivity index (χ1v) is 7.97. The third-order valence-corrected chi connectivity index (χ3v) is 3.89. The van der Waals surface area contributed by atoms with Gasteiger partial charge in [-0.2, -0.15) is 0 Å². The molecule has 1 N–H and O–H groups in total. The number of ether oxygens (including phenoxy) is 5. The number of aromatic hydroxyl groups is 1. The molecule has 0 aliphatic carbocycles. The Kier molecular flexibility index (Phi) is 6.54. The van der Waals surface area contributed by atoms with Crippen LogP contribution in [-0.2, 0) is 0 Å². The number of carbonyl (C=O) groups excluding carboxylic acids is 1. The monoisotopic (exact) mass is 374 g/mol. The Morgan fingerprint density at radius 2 is 1.44 bits per heavy atom. The molecule has 7 nitrogen and oxygen atoms in total. The minimum atomic E-state index is -0.458. The van der Waals surface area contributed by atoms with Crippen LogP contribution in [0.3, 0.4) is 0 Å². The van der Waals surface area contributed by atoms with Crippen LogP contribution in [-0.4, -0.2) is 46.4 Å². The van der Waals surface area contributed by atoms with E-state index in [1.54, 1.807) is 31.4 Å². The molecule has 0 atom stereocenters. The molecule has 2 rings (SSSR count). The first-order chi connectivity index (χ1) is 13.0. The number of rotatable bonds is 8. The summed E-state index contributed by atoms with van der Waals surface area (Å²) in [7, 11) is 7.30. The van der Waals surface area contributed by atoms with E-state index in [1.165, 1.54) is 40.6 Å². The van der Waals surface area contributed by atoms with Crippen molar-refractivity contribution in [2.24, 2.45) is 0 Å². The van der Waals surface area contributed by atoms with Crippen LogP contribution in [0.5, 0.6) is 34.5 Å². The van der Waals surface area contributed by atoms with Crippen molar-refractivity contribution in [3.63, 3.8) is 0 Å². The smallest absolute Gasteiger partial charge is 0.204 e. The lowest BCUT2D eigenvalue weighted by atomic mass is 10.0.